The molecular weight excluding hydrogens is 308 g/mol. The standard InChI is InChI=1S/C19H22O5/c1-20-16-12-15-14(17(21-2)18(16)22-3)10-11-19(23-4,24-15)13-8-6-5-7-9-13/h5-9,12H,10-11H2,1-4H3. The zero-order valence-corrected chi connectivity index (χ0v) is 14.4. The van der Waals surface area contributed by atoms with Crippen LogP contribution in [0.3, 0.4) is 0 Å². The number of ether oxygens (including phenoxy) is 5. The topological polar surface area (TPSA) is 46.2 Å². The molecule has 0 N–H and O–H groups in total. The second-order valence-corrected chi connectivity index (χ2v) is 5.55. The lowest BCUT2D eigenvalue weighted by molar-refractivity contribution is -0.184. The molecule has 1 aliphatic rings. The van der Waals surface area contributed by atoms with E-state index in [0.717, 1.165) is 17.5 Å². The van der Waals surface area contributed by atoms with Gasteiger partial charge in [0.2, 0.25) is 11.5 Å². The number of fused-ring (bicyclic) bond motifs is 1. The molecule has 5 nitrogen and oxygen atoms in total. The maximum atomic E-state index is 6.30. The third-order valence-corrected chi connectivity index (χ3v) is 4.41. The molecule has 0 saturated heterocycles. The van der Waals surface area contributed by atoms with Crippen LogP contribution in [0.15, 0.2) is 36.4 Å². The van der Waals surface area contributed by atoms with Crippen LogP contribution < -0.4 is 18.9 Å². The van der Waals surface area contributed by atoms with Gasteiger partial charge in [0.05, 0.1) is 21.3 Å². The first kappa shape index (κ1) is 16.5. The largest absolute Gasteiger partial charge is 0.493 e. The van der Waals surface area contributed by atoms with Crippen LogP contribution in [-0.4, -0.2) is 28.4 Å². The first-order chi connectivity index (χ1) is 11.7. The van der Waals surface area contributed by atoms with Crippen molar-refractivity contribution >= 4 is 0 Å². The van der Waals surface area contributed by atoms with Gasteiger partial charge in [-0.1, -0.05) is 30.3 Å². The Morgan fingerprint density at radius 2 is 1.62 bits per heavy atom. The Labute approximate surface area is 142 Å². The van der Waals surface area contributed by atoms with Gasteiger partial charge in [0, 0.05) is 30.7 Å². The molecule has 5 heteroatoms. The van der Waals surface area contributed by atoms with Gasteiger partial charge in [-0.15, -0.1) is 0 Å². The summed E-state index contributed by atoms with van der Waals surface area (Å²) in [6.45, 7) is 0. The molecule has 0 aromatic heterocycles. The van der Waals surface area contributed by atoms with E-state index in [4.69, 9.17) is 23.7 Å². The summed E-state index contributed by atoms with van der Waals surface area (Å²) in [6.07, 6.45) is 1.41. The Bertz CT molecular complexity index is 713. The van der Waals surface area contributed by atoms with Gasteiger partial charge in [0.15, 0.2) is 11.5 Å². The Morgan fingerprint density at radius 3 is 2.21 bits per heavy atom. The lowest BCUT2D eigenvalue weighted by atomic mass is 9.93. The van der Waals surface area contributed by atoms with Gasteiger partial charge in [-0.3, -0.25) is 0 Å². The molecule has 0 aliphatic carbocycles. The highest BCUT2D eigenvalue weighted by Crippen LogP contribution is 2.50. The van der Waals surface area contributed by atoms with Crippen LogP contribution in [0.4, 0.5) is 0 Å². The molecule has 1 heterocycles. The molecule has 1 unspecified atom stereocenters. The Morgan fingerprint density at radius 1 is 0.917 bits per heavy atom. The summed E-state index contributed by atoms with van der Waals surface area (Å²) in [7, 11) is 6.47. The number of rotatable bonds is 5. The predicted octanol–water partition coefficient (Wildman–Crippen LogP) is 3.54. The minimum absolute atomic E-state index is 0.563. The van der Waals surface area contributed by atoms with Crippen LogP contribution in [0.5, 0.6) is 23.0 Å². The third kappa shape index (κ3) is 2.55. The van der Waals surface area contributed by atoms with Crippen molar-refractivity contribution in [1.29, 1.82) is 0 Å². The Hall–Kier alpha value is -2.40. The van der Waals surface area contributed by atoms with Crippen molar-refractivity contribution in [3.8, 4) is 23.0 Å². The van der Waals surface area contributed by atoms with E-state index < -0.39 is 5.79 Å². The van der Waals surface area contributed by atoms with Crippen molar-refractivity contribution in [1.82, 2.24) is 0 Å². The van der Waals surface area contributed by atoms with Crippen LogP contribution in [-0.2, 0) is 16.9 Å². The molecule has 0 spiro atoms. The summed E-state index contributed by atoms with van der Waals surface area (Å²) in [5.41, 5.74) is 1.94. The first-order valence-corrected chi connectivity index (χ1v) is 7.80. The molecule has 0 fully saturated rings. The smallest absolute Gasteiger partial charge is 0.237 e. The zero-order valence-electron chi connectivity index (χ0n) is 14.4. The first-order valence-electron chi connectivity index (χ1n) is 7.80. The highest BCUT2D eigenvalue weighted by molar-refractivity contribution is 5.62. The van der Waals surface area contributed by atoms with E-state index in [1.54, 1.807) is 28.4 Å². The van der Waals surface area contributed by atoms with E-state index >= 15 is 0 Å². The quantitative estimate of drug-likeness (QED) is 0.839. The fourth-order valence-electron chi connectivity index (χ4n) is 3.20. The molecule has 128 valence electrons. The molecule has 0 saturated carbocycles. The van der Waals surface area contributed by atoms with Crippen molar-refractivity contribution in [3.63, 3.8) is 0 Å². The van der Waals surface area contributed by atoms with Crippen LogP contribution in [0.1, 0.15) is 17.5 Å². The predicted molar refractivity (Wildman–Crippen MR) is 90.2 cm³/mol. The van der Waals surface area contributed by atoms with Crippen LogP contribution in [0.2, 0.25) is 0 Å². The molecule has 0 amide bonds. The summed E-state index contributed by atoms with van der Waals surface area (Å²) in [4.78, 5) is 0. The van der Waals surface area contributed by atoms with Crippen molar-refractivity contribution in [2.45, 2.75) is 18.6 Å². The normalized spacial score (nSPS) is 19.2. The number of methoxy groups -OCH3 is 4. The van der Waals surface area contributed by atoms with Gasteiger partial charge < -0.3 is 23.7 Å². The lowest BCUT2D eigenvalue weighted by Crippen LogP contribution is -2.38. The van der Waals surface area contributed by atoms with Crippen molar-refractivity contribution in [3.05, 3.63) is 47.5 Å². The van der Waals surface area contributed by atoms with Gasteiger partial charge >= 0.3 is 0 Å². The van der Waals surface area contributed by atoms with Crippen LogP contribution in [0, 0.1) is 0 Å². The van der Waals surface area contributed by atoms with Crippen molar-refractivity contribution < 1.29 is 23.7 Å². The average molecular weight is 330 g/mol. The molecule has 0 bridgehead atoms. The highest BCUT2D eigenvalue weighted by atomic mass is 16.7. The molecule has 3 rings (SSSR count). The molecule has 24 heavy (non-hydrogen) atoms. The van der Waals surface area contributed by atoms with Gasteiger partial charge in [0.25, 0.3) is 0 Å². The maximum absolute atomic E-state index is 6.30. The van der Waals surface area contributed by atoms with E-state index in [1.165, 1.54) is 0 Å². The summed E-state index contributed by atoms with van der Waals surface area (Å²) >= 11 is 0. The van der Waals surface area contributed by atoms with E-state index in [2.05, 4.69) is 0 Å². The van der Waals surface area contributed by atoms with Gasteiger partial charge in [-0.2, -0.15) is 0 Å². The van der Waals surface area contributed by atoms with Gasteiger partial charge in [-0.25, -0.2) is 0 Å². The average Bonchev–Trinajstić information content (AvgIpc) is 2.66. The molecule has 1 aliphatic heterocycles. The summed E-state index contributed by atoms with van der Waals surface area (Å²) in [5.74, 6) is 1.64. The molecule has 1 atom stereocenters. The summed E-state index contributed by atoms with van der Waals surface area (Å²) in [6, 6.07) is 11.8. The Balaban J connectivity index is 2.10. The van der Waals surface area contributed by atoms with Crippen LogP contribution in [0.25, 0.3) is 0 Å². The van der Waals surface area contributed by atoms with E-state index in [0.29, 0.717) is 29.4 Å². The summed E-state index contributed by atoms with van der Waals surface area (Å²) in [5, 5.41) is 0. The monoisotopic (exact) mass is 330 g/mol. The van der Waals surface area contributed by atoms with E-state index in [9.17, 15) is 0 Å². The van der Waals surface area contributed by atoms with E-state index in [-0.39, 0.29) is 0 Å². The number of hydrogen-bond acceptors (Lipinski definition) is 5. The minimum atomic E-state index is -0.821. The second-order valence-electron chi connectivity index (χ2n) is 5.55. The number of hydrogen-bond donors (Lipinski definition) is 0. The maximum Gasteiger partial charge on any atom is 0.237 e. The lowest BCUT2D eigenvalue weighted by Gasteiger charge is -2.38. The number of benzene rings is 2. The van der Waals surface area contributed by atoms with Crippen LogP contribution >= 0.6 is 0 Å². The molecular formula is C19H22O5. The van der Waals surface area contributed by atoms with Gasteiger partial charge in [0.1, 0.15) is 5.75 Å². The fourth-order valence-corrected chi connectivity index (χ4v) is 3.20. The van der Waals surface area contributed by atoms with Crippen molar-refractivity contribution in [2.24, 2.45) is 0 Å². The minimum Gasteiger partial charge on any atom is -0.493 e. The Kier molecular flexibility index (Phi) is 4.53. The zero-order chi connectivity index (χ0) is 17.2. The SMILES string of the molecule is COc1cc2c(c(OC)c1OC)CCC(OC)(c1ccccc1)O2. The molecule has 0 radical (unpaired) electrons. The van der Waals surface area contributed by atoms with E-state index in [1.807, 2.05) is 36.4 Å². The van der Waals surface area contributed by atoms with Gasteiger partial charge in [-0.05, 0) is 6.42 Å². The van der Waals surface area contributed by atoms with Crippen molar-refractivity contribution in [2.75, 3.05) is 28.4 Å². The fraction of sp³-hybridized carbons (Fsp3) is 0.368. The second kappa shape index (κ2) is 6.61. The molecule has 2 aromatic rings. The molecule has 2 aromatic carbocycles. The summed E-state index contributed by atoms with van der Waals surface area (Å²) < 4.78 is 28.5. The third-order valence-electron chi connectivity index (χ3n) is 4.41. The highest BCUT2D eigenvalue weighted by Gasteiger charge is 2.40.